The Morgan fingerprint density at radius 2 is 1.75 bits per heavy atom. The van der Waals surface area contributed by atoms with Crippen LogP contribution in [0.5, 0.6) is 17.2 Å². The van der Waals surface area contributed by atoms with Crippen molar-refractivity contribution in [2.24, 2.45) is 0 Å². The van der Waals surface area contributed by atoms with Gasteiger partial charge in [0, 0.05) is 23.7 Å². The first-order valence-corrected chi connectivity index (χ1v) is 5.33. The van der Waals surface area contributed by atoms with Crippen molar-refractivity contribution in [3.63, 3.8) is 0 Å². The standard InChI is InChI=1S/C12H17NO3/c1-14-10-6-11(15-2)12(16-3)8-4-5-13-7-9(8)10/h6,13H,4-5,7H2,1-3H3. The summed E-state index contributed by atoms with van der Waals surface area (Å²) in [5, 5.41) is 3.33. The third kappa shape index (κ3) is 1.69. The number of fused-ring (bicyclic) bond motifs is 1. The lowest BCUT2D eigenvalue weighted by atomic mass is 9.98. The van der Waals surface area contributed by atoms with Gasteiger partial charge in [0.05, 0.1) is 21.3 Å². The summed E-state index contributed by atoms with van der Waals surface area (Å²) in [5.41, 5.74) is 2.36. The van der Waals surface area contributed by atoms with E-state index in [1.165, 1.54) is 11.1 Å². The smallest absolute Gasteiger partial charge is 0.164 e. The second kappa shape index (κ2) is 4.61. The Morgan fingerprint density at radius 3 is 2.38 bits per heavy atom. The van der Waals surface area contributed by atoms with E-state index in [1.54, 1.807) is 21.3 Å². The van der Waals surface area contributed by atoms with Gasteiger partial charge in [0.2, 0.25) is 0 Å². The van der Waals surface area contributed by atoms with Crippen LogP contribution >= 0.6 is 0 Å². The largest absolute Gasteiger partial charge is 0.496 e. The number of rotatable bonds is 3. The molecule has 0 aliphatic carbocycles. The van der Waals surface area contributed by atoms with Crippen molar-refractivity contribution < 1.29 is 14.2 Å². The molecular weight excluding hydrogens is 206 g/mol. The molecule has 1 aromatic rings. The van der Waals surface area contributed by atoms with E-state index in [0.717, 1.165) is 36.8 Å². The molecule has 16 heavy (non-hydrogen) atoms. The van der Waals surface area contributed by atoms with Gasteiger partial charge in [0.25, 0.3) is 0 Å². The average Bonchev–Trinajstić information content (AvgIpc) is 2.36. The van der Waals surface area contributed by atoms with Crippen molar-refractivity contribution in [3.05, 3.63) is 17.2 Å². The molecule has 1 aliphatic heterocycles. The fourth-order valence-corrected chi connectivity index (χ4v) is 2.15. The zero-order chi connectivity index (χ0) is 11.5. The fraction of sp³-hybridized carbons (Fsp3) is 0.500. The highest BCUT2D eigenvalue weighted by atomic mass is 16.5. The lowest BCUT2D eigenvalue weighted by Gasteiger charge is -2.23. The van der Waals surface area contributed by atoms with Gasteiger partial charge >= 0.3 is 0 Å². The molecule has 0 spiro atoms. The Labute approximate surface area is 95.5 Å². The Balaban J connectivity index is 2.60. The predicted octanol–water partition coefficient (Wildman–Crippen LogP) is 1.36. The van der Waals surface area contributed by atoms with Crippen LogP contribution in [0.25, 0.3) is 0 Å². The quantitative estimate of drug-likeness (QED) is 0.840. The molecule has 0 bridgehead atoms. The third-order valence-corrected chi connectivity index (χ3v) is 2.92. The molecule has 1 N–H and O–H groups in total. The number of methoxy groups -OCH3 is 3. The SMILES string of the molecule is COc1cc(OC)c(OC)c2c1CNCC2. The van der Waals surface area contributed by atoms with E-state index in [2.05, 4.69) is 5.32 Å². The summed E-state index contributed by atoms with van der Waals surface area (Å²) in [4.78, 5) is 0. The van der Waals surface area contributed by atoms with E-state index in [9.17, 15) is 0 Å². The van der Waals surface area contributed by atoms with E-state index >= 15 is 0 Å². The molecular formula is C12H17NO3. The van der Waals surface area contributed by atoms with Crippen molar-refractivity contribution >= 4 is 0 Å². The molecule has 0 radical (unpaired) electrons. The van der Waals surface area contributed by atoms with E-state index in [1.807, 2.05) is 6.07 Å². The summed E-state index contributed by atoms with van der Waals surface area (Å²) in [6.07, 6.45) is 0.937. The van der Waals surface area contributed by atoms with Crippen LogP contribution in [0.3, 0.4) is 0 Å². The van der Waals surface area contributed by atoms with Gasteiger partial charge in [-0.25, -0.2) is 0 Å². The predicted molar refractivity (Wildman–Crippen MR) is 61.5 cm³/mol. The van der Waals surface area contributed by atoms with Crippen molar-refractivity contribution in [1.29, 1.82) is 0 Å². The second-order valence-corrected chi connectivity index (χ2v) is 3.70. The van der Waals surface area contributed by atoms with E-state index in [4.69, 9.17) is 14.2 Å². The first-order valence-electron chi connectivity index (χ1n) is 5.33. The van der Waals surface area contributed by atoms with Crippen LogP contribution in [0.1, 0.15) is 11.1 Å². The van der Waals surface area contributed by atoms with Crippen LogP contribution in [0.4, 0.5) is 0 Å². The molecule has 0 unspecified atom stereocenters. The molecule has 1 heterocycles. The molecule has 2 rings (SSSR count). The lowest BCUT2D eigenvalue weighted by molar-refractivity contribution is 0.341. The molecule has 0 atom stereocenters. The molecule has 0 saturated heterocycles. The molecule has 1 aromatic carbocycles. The van der Waals surface area contributed by atoms with Gasteiger partial charge in [-0.05, 0) is 13.0 Å². The molecule has 1 aliphatic rings. The normalized spacial score (nSPS) is 14.2. The first kappa shape index (κ1) is 11.1. The van der Waals surface area contributed by atoms with Crippen LogP contribution in [-0.4, -0.2) is 27.9 Å². The van der Waals surface area contributed by atoms with Crippen LogP contribution in [0.15, 0.2) is 6.07 Å². The Kier molecular flexibility index (Phi) is 3.19. The highest BCUT2D eigenvalue weighted by Gasteiger charge is 2.22. The Bertz CT molecular complexity index is 368. The van der Waals surface area contributed by atoms with Crippen molar-refractivity contribution in [3.8, 4) is 17.2 Å². The highest BCUT2D eigenvalue weighted by Crippen LogP contribution is 2.40. The Hall–Kier alpha value is -1.42. The maximum Gasteiger partial charge on any atom is 0.164 e. The van der Waals surface area contributed by atoms with Gasteiger partial charge in [-0.3, -0.25) is 0 Å². The number of nitrogens with one attached hydrogen (secondary N) is 1. The van der Waals surface area contributed by atoms with Crippen LogP contribution in [0.2, 0.25) is 0 Å². The van der Waals surface area contributed by atoms with Crippen LogP contribution in [0, 0.1) is 0 Å². The summed E-state index contributed by atoms with van der Waals surface area (Å²) >= 11 is 0. The van der Waals surface area contributed by atoms with E-state index in [0.29, 0.717) is 0 Å². The van der Waals surface area contributed by atoms with Crippen LogP contribution in [-0.2, 0) is 13.0 Å². The lowest BCUT2D eigenvalue weighted by Crippen LogP contribution is -2.24. The molecule has 0 aromatic heterocycles. The Morgan fingerprint density at radius 1 is 1.00 bits per heavy atom. The molecule has 88 valence electrons. The van der Waals surface area contributed by atoms with Crippen LogP contribution < -0.4 is 19.5 Å². The van der Waals surface area contributed by atoms with Gasteiger partial charge in [-0.15, -0.1) is 0 Å². The van der Waals surface area contributed by atoms with Gasteiger partial charge in [0.15, 0.2) is 11.5 Å². The van der Waals surface area contributed by atoms with E-state index in [-0.39, 0.29) is 0 Å². The zero-order valence-corrected chi connectivity index (χ0v) is 9.92. The number of benzene rings is 1. The summed E-state index contributed by atoms with van der Waals surface area (Å²) in [6, 6.07) is 1.88. The van der Waals surface area contributed by atoms with Gasteiger partial charge < -0.3 is 19.5 Å². The monoisotopic (exact) mass is 223 g/mol. The molecule has 0 amide bonds. The van der Waals surface area contributed by atoms with Gasteiger partial charge in [-0.1, -0.05) is 0 Å². The molecule has 0 saturated carbocycles. The summed E-state index contributed by atoms with van der Waals surface area (Å²) in [6.45, 7) is 1.78. The topological polar surface area (TPSA) is 39.7 Å². The van der Waals surface area contributed by atoms with Crippen molar-refractivity contribution in [1.82, 2.24) is 5.32 Å². The maximum atomic E-state index is 5.43. The average molecular weight is 223 g/mol. The minimum absolute atomic E-state index is 0.736. The third-order valence-electron chi connectivity index (χ3n) is 2.92. The second-order valence-electron chi connectivity index (χ2n) is 3.70. The minimum atomic E-state index is 0.736. The number of hydrogen-bond donors (Lipinski definition) is 1. The minimum Gasteiger partial charge on any atom is -0.496 e. The van der Waals surface area contributed by atoms with Crippen molar-refractivity contribution in [2.75, 3.05) is 27.9 Å². The van der Waals surface area contributed by atoms with Gasteiger partial charge in [0.1, 0.15) is 5.75 Å². The first-order chi connectivity index (χ1) is 7.81. The fourth-order valence-electron chi connectivity index (χ4n) is 2.15. The summed E-state index contributed by atoms with van der Waals surface area (Å²) in [5.74, 6) is 2.43. The zero-order valence-electron chi connectivity index (χ0n) is 9.92. The molecule has 0 fully saturated rings. The summed E-state index contributed by atoms with van der Waals surface area (Å²) < 4.78 is 16.1. The molecule has 4 heteroatoms. The number of ether oxygens (including phenoxy) is 3. The van der Waals surface area contributed by atoms with Crippen molar-refractivity contribution in [2.45, 2.75) is 13.0 Å². The summed E-state index contributed by atoms with van der Waals surface area (Å²) in [7, 11) is 4.99. The number of hydrogen-bond acceptors (Lipinski definition) is 4. The highest BCUT2D eigenvalue weighted by molar-refractivity contribution is 5.58. The van der Waals surface area contributed by atoms with E-state index < -0.39 is 0 Å². The van der Waals surface area contributed by atoms with Gasteiger partial charge in [-0.2, -0.15) is 0 Å². The maximum absolute atomic E-state index is 5.43. The molecule has 4 nitrogen and oxygen atoms in total.